The number of hydrogen-bond donors (Lipinski definition) is 0. The minimum Gasteiger partial charge on any atom is -0.341 e. The third-order valence-corrected chi connectivity index (χ3v) is 5.16. The Morgan fingerprint density at radius 3 is 2.73 bits per heavy atom. The van der Waals surface area contributed by atoms with Gasteiger partial charge in [0.2, 0.25) is 5.91 Å². The minimum absolute atomic E-state index is 0.0460. The van der Waals surface area contributed by atoms with Crippen LogP contribution in [0.1, 0.15) is 6.92 Å². The molecule has 0 spiro atoms. The standard InChI is InChI=1S/C9H12N2O3S/c1-7(12)11-2-8-3-15(13,14)6-9(8,4-10)5-11/h8H,2-3,5-6H2,1H3/t8-,9-/m1/s1. The maximum absolute atomic E-state index is 11.4. The Labute approximate surface area is 88.6 Å². The summed E-state index contributed by atoms with van der Waals surface area (Å²) < 4.78 is 22.9. The minimum atomic E-state index is -3.09. The van der Waals surface area contributed by atoms with Crippen molar-refractivity contribution in [1.82, 2.24) is 4.90 Å². The number of amides is 1. The number of fused-ring (bicyclic) bond motifs is 1. The van der Waals surface area contributed by atoms with Gasteiger partial charge in [0.1, 0.15) is 0 Å². The number of carbonyl (C=O) groups excluding carboxylic acids is 1. The molecule has 0 aromatic heterocycles. The van der Waals surface area contributed by atoms with Crippen molar-refractivity contribution in [3.8, 4) is 6.07 Å². The van der Waals surface area contributed by atoms with Gasteiger partial charge in [-0.1, -0.05) is 0 Å². The van der Waals surface area contributed by atoms with Crippen LogP contribution in [0.5, 0.6) is 0 Å². The second kappa shape index (κ2) is 2.95. The molecule has 0 saturated carbocycles. The number of carbonyl (C=O) groups is 1. The zero-order valence-corrected chi connectivity index (χ0v) is 9.25. The average Bonchev–Trinajstić information content (AvgIpc) is 2.53. The summed E-state index contributed by atoms with van der Waals surface area (Å²) in [6, 6.07) is 2.11. The fourth-order valence-electron chi connectivity index (χ4n) is 2.51. The molecule has 2 saturated heterocycles. The Morgan fingerprint density at radius 1 is 1.60 bits per heavy atom. The van der Waals surface area contributed by atoms with E-state index in [1.54, 1.807) is 4.90 Å². The third kappa shape index (κ3) is 1.51. The number of sulfone groups is 1. The lowest BCUT2D eigenvalue weighted by Crippen LogP contribution is -2.32. The van der Waals surface area contributed by atoms with Gasteiger partial charge < -0.3 is 4.90 Å². The highest BCUT2D eigenvalue weighted by molar-refractivity contribution is 7.91. The zero-order chi connectivity index (χ0) is 11.3. The van der Waals surface area contributed by atoms with Crippen molar-refractivity contribution in [3.05, 3.63) is 0 Å². The Morgan fingerprint density at radius 2 is 2.27 bits per heavy atom. The van der Waals surface area contributed by atoms with E-state index in [0.29, 0.717) is 6.54 Å². The lowest BCUT2D eigenvalue weighted by atomic mass is 9.83. The molecular weight excluding hydrogens is 216 g/mol. The summed E-state index contributed by atoms with van der Waals surface area (Å²) in [5.41, 5.74) is -0.843. The predicted octanol–water partition coefficient (Wildman–Crippen LogP) is -0.597. The van der Waals surface area contributed by atoms with E-state index >= 15 is 0 Å². The van der Waals surface area contributed by atoms with Crippen molar-refractivity contribution in [2.45, 2.75) is 6.92 Å². The molecule has 15 heavy (non-hydrogen) atoms. The molecular formula is C9H12N2O3S. The molecule has 0 N–H and O–H groups in total. The zero-order valence-electron chi connectivity index (χ0n) is 8.43. The van der Waals surface area contributed by atoms with Gasteiger partial charge in [0.05, 0.1) is 23.0 Å². The van der Waals surface area contributed by atoms with E-state index in [1.807, 2.05) is 0 Å². The largest absolute Gasteiger partial charge is 0.341 e. The molecule has 0 aromatic rings. The predicted molar refractivity (Wildman–Crippen MR) is 52.4 cm³/mol. The number of likely N-dealkylation sites (tertiary alicyclic amines) is 1. The second-order valence-corrected chi connectivity index (χ2v) is 6.53. The molecule has 0 aliphatic carbocycles. The van der Waals surface area contributed by atoms with Crippen LogP contribution in [-0.4, -0.2) is 43.8 Å². The Bertz CT molecular complexity index is 450. The van der Waals surface area contributed by atoms with E-state index in [-0.39, 0.29) is 29.9 Å². The van der Waals surface area contributed by atoms with Gasteiger partial charge in [-0.2, -0.15) is 5.26 Å². The quantitative estimate of drug-likeness (QED) is 0.555. The Kier molecular flexibility index (Phi) is 2.05. The molecule has 1 amide bonds. The van der Waals surface area contributed by atoms with E-state index < -0.39 is 15.3 Å². The Hall–Kier alpha value is -1.09. The SMILES string of the molecule is CC(=O)N1C[C@@H]2CS(=O)(=O)C[C@@]2(C#N)C1. The molecule has 2 aliphatic heterocycles. The highest BCUT2D eigenvalue weighted by atomic mass is 32.2. The van der Waals surface area contributed by atoms with Gasteiger partial charge in [-0.15, -0.1) is 0 Å². The fourth-order valence-corrected chi connectivity index (χ4v) is 4.84. The van der Waals surface area contributed by atoms with Gasteiger partial charge in [0, 0.05) is 25.9 Å². The molecule has 5 nitrogen and oxygen atoms in total. The van der Waals surface area contributed by atoms with Crippen molar-refractivity contribution in [1.29, 1.82) is 5.26 Å². The van der Waals surface area contributed by atoms with Gasteiger partial charge in [0.25, 0.3) is 0 Å². The van der Waals surface area contributed by atoms with E-state index in [2.05, 4.69) is 6.07 Å². The molecule has 6 heteroatoms. The van der Waals surface area contributed by atoms with Crippen molar-refractivity contribution in [2.24, 2.45) is 11.3 Å². The number of hydrogen-bond acceptors (Lipinski definition) is 4. The van der Waals surface area contributed by atoms with Crippen molar-refractivity contribution >= 4 is 15.7 Å². The lowest BCUT2D eigenvalue weighted by Gasteiger charge is -2.17. The summed E-state index contributed by atoms with van der Waals surface area (Å²) >= 11 is 0. The van der Waals surface area contributed by atoms with Gasteiger partial charge >= 0.3 is 0 Å². The summed E-state index contributed by atoms with van der Waals surface area (Å²) in [4.78, 5) is 12.7. The van der Waals surface area contributed by atoms with Gasteiger partial charge in [-0.3, -0.25) is 4.79 Å². The van der Waals surface area contributed by atoms with Crippen molar-refractivity contribution in [2.75, 3.05) is 24.6 Å². The third-order valence-electron chi connectivity index (χ3n) is 3.30. The molecule has 2 heterocycles. The maximum atomic E-state index is 11.4. The average molecular weight is 228 g/mol. The van der Waals surface area contributed by atoms with Crippen LogP contribution in [0.4, 0.5) is 0 Å². The van der Waals surface area contributed by atoms with Crippen LogP contribution in [0, 0.1) is 22.7 Å². The molecule has 0 radical (unpaired) electrons. The second-order valence-electron chi connectivity index (χ2n) is 4.42. The first-order valence-electron chi connectivity index (χ1n) is 4.76. The molecule has 2 fully saturated rings. The van der Waals surface area contributed by atoms with Gasteiger partial charge in [-0.05, 0) is 0 Å². The van der Waals surface area contributed by atoms with Crippen LogP contribution >= 0.6 is 0 Å². The van der Waals surface area contributed by atoms with E-state index in [4.69, 9.17) is 5.26 Å². The topological polar surface area (TPSA) is 78.2 Å². The van der Waals surface area contributed by atoms with Crippen LogP contribution < -0.4 is 0 Å². The Balaban J connectivity index is 2.31. The number of nitriles is 1. The highest BCUT2D eigenvalue weighted by Gasteiger charge is 2.56. The molecule has 82 valence electrons. The molecule has 0 aromatic carbocycles. The van der Waals surface area contributed by atoms with Crippen molar-refractivity contribution < 1.29 is 13.2 Å². The van der Waals surface area contributed by atoms with E-state index in [0.717, 1.165) is 0 Å². The fraction of sp³-hybridized carbons (Fsp3) is 0.778. The first kappa shape index (κ1) is 10.4. The summed E-state index contributed by atoms with van der Waals surface area (Å²) in [6.07, 6.45) is 0. The summed E-state index contributed by atoms with van der Waals surface area (Å²) in [5.74, 6) is -0.331. The highest BCUT2D eigenvalue weighted by Crippen LogP contribution is 2.43. The number of nitrogens with zero attached hydrogens (tertiary/aromatic N) is 2. The van der Waals surface area contributed by atoms with Crippen LogP contribution in [0.15, 0.2) is 0 Å². The van der Waals surface area contributed by atoms with E-state index in [1.165, 1.54) is 6.92 Å². The van der Waals surface area contributed by atoms with E-state index in [9.17, 15) is 13.2 Å². The van der Waals surface area contributed by atoms with Gasteiger partial charge in [-0.25, -0.2) is 8.42 Å². The molecule has 2 aliphatic rings. The monoisotopic (exact) mass is 228 g/mol. The first-order valence-corrected chi connectivity index (χ1v) is 6.58. The molecule has 2 rings (SSSR count). The molecule has 2 atom stereocenters. The first-order chi connectivity index (χ1) is 6.88. The van der Waals surface area contributed by atoms with Gasteiger partial charge in [0.15, 0.2) is 9.84 Å². The smallest absolute Gasteiger partial charge is 0.219 e. The summed E-state index contributed by atoms with van der Waals surface area (Å²) in [5, 5.41) is 9.11. The maximum Gasteiger partial charge on any atom is 0.219 e. The molecule has 0 unspecified atom stereocenters. The normalized spacial score (nSPS) is 37.3. The summed E-state index contributed by atoms with van der Waals surface area (Å²) in [6.45, 7) is 2.12. The summed E-state index contributed by atoms with van der Waals surface area (Å²) in [7, 11) is -3.09. The van der Waals surface area contributed by atoms with Crippen LogP contribution in [-0.2, 0) is 14.6 Å². The lowest BCUT2D eigenvalue weighted by molar-refractivity contribution is -0.128. The van der Waals surface area contributed by atoms with Crippen LogP contribution in [0.2, 0.25) is 0 Å². The van der Waals surface area contributed by atoms with Crippen molar-refractivity contribution in [3.63, 3.8) is 0 Å². The van der Waals surface area contributed by atoms with Crippen LogP contribution in [0.3, 0.4) is 0 Å². The number of rotatable bonds is 0. The molecule has 0 bridgehead atoms. The van der Waals surface area contributed by atoms with Crippen LogP contribution in [0.25, 0.3) is 0 Å².